The third-order valence-electron chi connectivity index (χ3n) is 3.34. The Balaban J connectivity index is 2.30. The second-order valence-corrected chi connectivity index (χ2v) is 4.65. The number of amides is 2. The molecule has 1 aliphatic heterocycles. The van der Waals surface area contributed by atoms with E-state index in [0.29, 0.717) is 12.1 Å². The molecule has 2 amide bonds. The molecule has 1 heterocycles. The van der Waals surface area contributed by atoms with Gasteiger partial charge in [0.05, 0.1) is 6.54 Å². The molecule has 0 saturated heterocycles. The van der Waals surface area contributed by atoms with E-state index in [9.17, 15) is 9.59 Å². The van der Waals surface area contributed by atoms with Crippen molar-refractivity contribution in [1.82, 2.24) is 4.90 Å². The maximum atomic E-state index is 12.5. The Morgan fingerprint density at radius 3 is 2.89 bits per heavy atom. The molecule has 1 aromatic carbocycles. The lowest BCUT2D eigenvalue weighted by atomic mass is 9.97. The Labute approximate surface area is 112 Å². The van der Waals surface area contributed by atoms with Crippen LogP contribution < -0.4 is 11.1 Å². The highest BCUT2D eigenvalue weighted by Gasteiger charge is 2.21. The van der Waals surface area contributed by atoms with Gasteiger partial charge in [-0.1, -0.05) is 6.07 Å². The molecule has 5 heteroatoms. The first-order valence-corrected chi connectivity index (χ1v) is 6.56. The van der Waals surface area contributed by atoms with Crippen molar-refractivity contribution in [2.75, 3.05) is 25.0 Å². The zero-order chi connectivity index (χ0) is 13.8. The van der Waals surface area contributed by atoms with Gasteiger partial charge in [0.1, 0.15) is 0 Å². The fraction of sp³-hybridized carbons (Fsp3) is 0.429. The zero-order valence-electron chi connectivity index (χ0n) is 11.1. The molecule has 19 heavy (non-hydrogen) atoms. The van der Waals surface area contributed by atoms with Crippen LogP contribution in [0.4, 0.5) is 5.69 Å². The highest BCUT2D eigenvalue weighted by Crippen LogP contribution is 2.26. The summed E-state index contributed by atoms with van der Waals surface area (Å²) in [5.41, 5.74) is 7.92. The van der Waals surface area contributed by atoms with E-state index < -0.39 is 5.91 Å². The molecule has 0 atom stereocenters. The molecule has 0 unspecified atom stereocenters. The summed E-state index contributed by atoms with van der Waals surface area (Å²) in [5.74, 6) is -0.611. The average molecular weight is 261 g/mol. The van der Waals surface area contributed by atoms with Crippen LogP contribution in [-0.4, -0.2) is 36.3 Å². The second kappa shape index (κ2) is 5.73. The van der Waals surface area contributed by atoms with Crippen LogP contribution in [0.15, 0.2) is 18.2 Å². The third kappa shape index (κ3) is 2.86. The average Bonchev–Trinajstić information content (AvgIpc) is 2.43. The molecule has 0 aromatic heterocycles. The number of fused-ring (bicyclic) bond motifs is 1. The van der Waals surface area contributed by atoms with E-state index in [-0.39, 0.29) is 12.5 Å². The van der Waals surface area contributed by atoms with Gasteiger partial charge in [-0.2, -0.15) is 0 Å². The number of primary amides is 1. The van der Waals surface area contributed by atoms with Crippen LogP contribution in [0, 0.1) is 0 Å². The molecular formula is C14H19N3O2. The van der Waals surface area contributed by atoms with Gasteiger partial charge in [-0.3, -0.25) is 9.59 Å². The molecule has 0 saturated carbocycles. The first kappa shape index (κ1) is 13.4. The lowest BCUT2D eigenvalue weighted by Crippen LogP contribution is -2.38. The van der Waals surface area contributed by atoms with E-state index in [4.69, 9.17) is 5.73 Å². The Morgan fingerprint density at radius 2 is 2.21 bits per heavy atom. The fourth-order valence-corrected chi connectivity index (χ4v) is 2.40. The Morgan fingerprint density at radius 1 is 1.42 bits per heavy atom. The van der Waals surface area contributed by atoms with Crippen molar-refractivity contribution < 1.29 is 9.59 Å². The topological polar surface area (TPSA) is 75.4 Å². The number of hydrogen-bond acceptors (Lipinski definition) is 3. The minimum Gasteiger partial charge on any atom is -0.385 e. The molecule has 1 aromatic rings. The Bertz CT molecular complexity index is 499. The van der Waals surface area contributed by atoms with Gasteiger partial charge >= 0.3 is 0 Å². The highest BCUT2D eigenvalue weighted by atomic mass is 16.2. The van der Waals surface area contributed by atoms with Crippen LogP contribution in [0.2, 0.25) is 0 Å². The van der Waals surface area contributed by atoms with Gasteiger partial charge in [-0.25, -0.2) is 0 Å². The predicted molar refractivity (Wildman–Crippen MR) is 74.0 cm³/mol. The molecule has 0 radical (unpaired) electrons. The Kier molecular flexibility index (Phi) is 4.04. The minimum atomic E-state index is -0.488. The summed E-state index contributed by atoms with van der Waals surface area (Å²) in [6.07, 6.45) is 1.90. The number of rotatable bonds is 4. The number of nitrogens with two attached hydrogens (primary N) is 1. The van der Waals surface area contributed by atoms with Crippen LogP contribution in [0.5, 0.6) is 0 Å². The zero-order valence-corrected chi connectivity index (χ0v) is 11.1. The van der Waals surface area contributed by atoms with Crippen LogP contribution in [-0.2, 0) is 11.2 Å². The van der Waals surface area contributed by atoms with Crippen LogP contribution in [0.1, 0.15) is 29.3 Å². The van der Waals surface area contributed by atoms with E-state index in [2.05, 4.69) is 5.32 Å². The van der Waals surface area contributed by atoms with Crippen LogP contribution >= 0.6 is 0 Å². The first-order valence-electron chi connectivity index (χ1n) is 6.56. The maximum Gasteiger partial charge on any atom is 0.254 e. The molecule has 2 rings (SSSR count). The molecule has 1 aliphatic rings. The molecule has 0 spiro atoms. The van der Waals surface area contributed by atoms with Crippen molar-refractivity contribution in [1.29, 1.82) is 0 Å². The van der Waals surface area contributed by atoms with Crippen molar-refractivity contribution >= 4 is 17.5 Å². The molecule has 3 N–H and O–H groups in total. The number of anilines is 1. The summed E-state index contributed by atoms with van der Waals surface area (Å²) >= 11 is 0. The number of benzene rings is 1. The van der Waals surface area contributed by atoms with Gasteiger partial charge in [0.15, 0.2) is 0 Å². The number of nitrogens with zero attached hydrogens (tertiary/aromatic N) is 1. The normalized spacial score (nSPS) is 13.3. The van der Waals surface area contributed by atoms with E-state index in [1.54, 1.807) is 0 Å². The van der Waals surface area contributed by atoms with Gasteiger partial charge < -0.3 is 16.0 Å². The van der Waals surface area contributed by atoms with Gasteiger partial charge in [0.25, 0.3) is 5.91 Å². The predicted octanol–water partition coefficient (Wildman–Crippen LogP) is 0.992. The van der Waals surface area contributed by atoms with Crippen LogP contribution in [0.25, 0.3) is 0 Å². The molecule has 102 valence electrons. The third-order valence-corrected chi connectivity index (χ3v) is 3.34. The SMILES string of the molecule is CCN(CC(N)=O)C(=O)c1cccc2c1CCCN2. The summed E-state index contributed by atoms with van der Waals surface area (Å²) in [4.78, 5) is 25.0. The maximum absolute atomic E-state index is 12.5. The summed E-state index contributed by atoms with van der Waals surface area (Å²) < 4.78 is 0. The van der Waals surface area contributed by atoms with E-state index >= 15 is 0 Å². The van der Waals surface area contributed by atoms with Crippen molar-refractivity contribution in [3.63, 3.8) is 0 Å². The number of nitrogens with one attached hydrogen (secondary N) is 1. The van der Waals surface area contributed by atoms with Crippen molar-refractivity contribution in [3.8, 4) is 0 Å². The van der Waals surface area contributed by atoms with Gasteiger partial charge in [-0.15, -0.1) is 0 Å². The summed E-state index contributed by atoms with van der Waals surface area (Å²) in [7, 11) is 0. The van der Waals surface area contributed by atoms with Gasteiger partial charge in [0.2, 0.25) is 5.91 Å². The van der Waals surface area contributed by atoms with Gasteiger partial charge in [0, 0.05) is 24.3 Å². The van der Waals surface area contributed by atoms with Crippen LogP contribution in [0.3, 0.4) is 0 Å². The molecule has 0 fully saturated rings. The Hall–Kier alpha value is -2.04. The number of hydrogen-bond donors (Lipinski definition) is 2. The standard InChI is InChI=1S/C14H19N3O2/c1-2-17(9-13(15)18)14(19)11-5-3-7-12-10(11)6-4-8-16-12/h3,5,7,16H,2,4,6,8-9H2,1H3,(H2,15,18). The molecule has 0 aliphatic carbocycles. The minimum absolute atomic E-state index is 0.0353. The molecule has 0 bridgehead atoms. The fourth-order valence-electron chi connectivity index (χ4n) is 2.40. The van der Waals surface area contributed by atoms with Crippen molar-refractivity contribution in [2.45, 2.75) is 19.8 Å². The first-order chi connectivity index (χ1) is 9.13. The van der Waals surface area contributed by atoms with E-state index in [1.807, 2.05) is 25.1 Å². The lowest BCUT2D eigenvalue weighted by Gasteiger charge is -2.24. The quantitative estimate of drug-likeness (QED) is 0.848. The second-order valence-electron chi connectivity index (χ2n) is 4.65. The number of likely N-dealkylation sites (N-methyl/N-ethyl adjacent to an activating group) is 1. The summed E-state index contributed by atoms with van der Waals surface area (Å²) in [5, 5.41) is 3.29. The van der Waals surface area contributed by atoms with Crippen molar-refractivity contribution in [2.24, 2.45) is 5.73 Å². The largest absolute Gasteiger partial charge is 0.385 e. The smallest absolute Gasteiger partial charge is 0.254 e. The summed E-state index contributed by atoms with van der Waals surface area (Å²) in [6, 6.07) is 5.66. The number of carbonyl (C=O) groups is 2. The van der Waals surface area contributed by atoms with Gasteiger partial charge in [-0.05, 0) is 37.5 Å². The molecular weight excluding hydrogens is 242 g/mol. The molecule has 5 nitrogen and oxygen atoms in total. The number of carbonyl (C=O) groups excluding carboxylic acids is 2. The monoisotopic (exact) mass is 261 g/mol. The highest BCUT2D eigenvalue weighted by molar-refractivity contribution is 5.99. The van der Waals surface area contributed by atoms with E-state index in [0.717, 1.165) is 30.6 Å². The van der Waals surface area contributed by atoms with Crippen molar-refractivity contribution in [3.05, 3.63) is 29.3 Å². The lowest BCUT2D eigenvalue weighted by molar-refractivity contribution is -0.118. The van der Waals surface area contributed by atoms with E-state index in [1.165, 1.54) is 4.90 Å². The summed E-state index contributed by atoms with van der Waals surface area (Å²) in [6.45, 7) is 3.21.